The van der Waals surface area contributed by atoms with Gasteiger partial charge in [0.05, 0.1) is 7.11 Å². The lowest BCUT2D eigenvalue weighted by molar-refractivity contribution is -0.288. The van der Waals surface area contributed by atoms with E-state index in [9.17, 15) is 69.8 Å². The number of alkyl halides is 6. The third-order valence-electron chi connectivity index (χ3n) is 6.03. The van der Waals surface area contributed by atoms with Crippen LogP contribution in [0.5, 0.6) is 17.2 Å². The van der Waals surface area contributed by atoms with Crippen LogP contribution in [-0.2, 0) is 25.7 Å². The molecule has 20 heteroatoms. The van der Waals surface area contributed by atoms with Gasteiger partial charge in [0.15, 0.2) is 11.6 Å². The summed E-state index contributed by atoms with van der Waals surface area (Å²) >= 11 is 0. The van der Waals surface area contributed by atoms with E-state index in [0.29, 0.717) is 13.0 Å². The molecule has 0 amide bonds. The average Bonchev–Trinajstić information content (AvgIpc) is 2.87. The third-order valence-corrected chi connectivity index (χ3v) is 7.78. The summed E-state index contributed by atoms with van der Waals surface area (Å²) in [5.74, 6) is -13.2. The van der Waals surface area contributed by atoms with E-state index in [4.69, 9.17) is 0 Å². The van der Waals surface area contributed by atoms with Gasteiger partial charge in [-0.3, -0.25) is 9.11 Å². The Morgan fingerprint density at radius 2 is 1.02 bits per heavy atom. The fourth-order valence-corrected chi connectivity index (χ4v) is 5.36. The molecule has 0 fully saturated rings. The molecular weight excluding hydrogens is 658 g/mol. The number of hydrogen-bond donors (Lipinski definition) is 2. The van der Waals surface area contributed by atoms with E-state index in [1.165, 1.54) is 0 Å². The van der Waals surface area contributed by atoms with Crippen LogP contribution in [0, 0.1) is 30.2 Å². The van der Waals surface area contributed by atoms with E-state index >= 15 is 0 Å². The van der Waals surface area contributed by atoms with Crippen molar-refractivity contribution >= 4 is 20.2 Å². The second kappa shape index (κ2) is 10.8. The van der Waals surface area contributed by atoms with Crippen molar-refractivity contribution in [2.75, 3.05) is 7.11 Å². The van der Waals surface area contributed by atoms with Crippen LogP contribution in [0.3, 0.4) is 0 Å². The first kappa shape index (κ1) is 33.9. The van der Waals surface area contributed by atoms with E-state index < -0.39 is 111 Å². The monoisotopic (exact) mass is 672 g/mol. The summed E-state index contributed by atoms with van der Waals surface area (Å²) in [4.78, 5) is -3.55. The van der Waals surface area contributed by atoms with E-state index in [2.05, 4.69) is 9.47 Å². The number of hydrogen-bond acceptors (Lipinski definition) is 6. The molecule has 43 heavy (non-hydrogen) atoms. The molecule has 2 N–H and O–H groups in total. The first-order chi connectivity index (χ1) is 19.4. The molecular formula is C23H14F10O8S2. The molecule has 3 rings (SSSR count). The highest BCUT2D eigenvalue weighted by atomic mass is 32.2. The molecule has 0 radical (unpaired) electrons. The first-order valence-electron chi connectivity index (χ1n) is 10.8. The van der Waals surface area contributed by atoms with Crippen molar-refractivity contribution in [1.82, 2.24) is 0 Å². The molecule has 0 atom stereocenters. The molecule has 3 aromatic carbocycles. The van der Waals surface area contributed by atoms with Crippen molar-refractivity contribution < 1.29 is 79.3 Å². The Bertz CT molecular complexity index is 1780. The van der Waals surface area contributed by atoms with Gasteiger partial charge in [-0.15, -0.1) is 0 Å². The standard InChI is InChI=1S/C23H14F10O8S2/c1-9-16(24)18(26)20(19(27)17(9)25)41-13-6-4-11(8-15(13)43(37,38)39)21(22(28,29)30,23(31,32)33)10-3-5-12(40-2)14(7-10)42(34,35)36/h3-8H,1-2H3,(H,34,35,36)(H,37,38,39). The summed E-state index contributed by atoms with van der Waals surface area (Å²) in [6.07, 6.45) is -13.0. The highest BCUT2D eigenvalue weighted by Gasteiger charge is 2.72. The van der Waals surface area contributed by atoms with Crippen molar-refractivity contribution in [3.8, 4) is 17.2 Å². The minimum atomic E-state index is -6.50. The van der Waals surface area contributed by atoms with Gasteiger partial charge in [-0.05, 0) is 42.3 Å². The fourth-order valence-electron chi connectivity index (χ4n) is 4.04. The third kappa shape index (κ3) is 5.70. The Hall–Kier alpha value is -3.62. The minimum absolute atomic E-state index is 0.0492. The molecule has 0 bridgehead atoms. The SMILES string of the molecule is COc1ccc(C(c2ccc(Oc3c(F)c(F)c(C)c(F)c3F)c(S(=O)(=O)O)c2)(C(F)(F)F)C(F)(F)F)cc1S(=O)(=O)O. The number of ether oxygens (including phenoxy) is 2. The molecule has 0 aliphatic heterocycles. The minimum Gasteiger partial charge on any atom is -0.495 e. The van der Waals surface area contributed by atoms with Crippen molar-refractivity contribution in [3.05, 3.63) is 76.4 Å². The molecule has 0 aliphatic rings. The highest BCUT2D eigenvalue weighted by molar-refractivity contribution is 7.86. The molecule has 0 saturated heterocycles. The summed E-state index contributed by atoms with van der Waals surface area (Å²) in [5.41, 5.74) is -10.6. The Morgan fingerprint density at radius 3 is 1.37 bits per heavy atom. The van der Waals surface area contributed by atoms with Gasteiger partial charge in [0.1, 0.15) is 21.3 Å². The van der Waals surface area contributed by atoms with Crippen molar-refractivity contribution in [2.24, 2.45) is 0 Å². The van der Waals surface area contributed by atoms with Crippen molar-refractivity contribution in [1.29, 1.82) is 0 Å². The molecule has 3 aromatic rings. The maximum Gasteiger partial charge on any atom is 0.411 e. The van der Waals surface area contributed by atoms with Crippen LogP contribution < -0.4 is 9.47 Å². The van der Waals surface area contributed by atoms with E-state index in [-0.39, 0.29) is 24.3 Å². The summed E-state index contributed by atoms with van der Waals surface area (Å²) in [5, 5.41) is 0. The zero-order valence-electron chi connectivity index (χ0n) is 20.9. The highest BCUT2D eigenvalue weighted by Crippen LogP contribution is 2.57. The van der Waals surface area contributed by atoms with E-state index in [0.717, 1.165) is 7.11 Å². The normalized spacial score (nSPS) is 13.3. The Kier molecular flexibility index (Phi) is 8.53. The number of halogens is 10. The van der Waals surface area contributed by atoms with Crippen LogP contribution in [0.2, 0.25) is 0 Å². The zero-order chi connectivity index (χ0) is 33.1. The van der Waals surface area contributed by atoms with Crippen LogP contribution in [0.25, 0.3) is 0 Å². The summed E-state index contributed by atoms with van der Waals surface area (Å²) in [6, 6.07) is -0.493. The fraction of sp³-hybridized carbons (Fsp3) is 0.217. The first-order valence-corrected chi connectivity index (χ1v) is 13.7. The Balaban J connectivity index is 2.47. The molecule has 0 aliphatic carbocycles. The average molecular weight is 672 g/mol. The second-order valence-corrected chi connectivity index (χ2v) is 11.3. The lowest BCUT2D eigenvalue weighted by Crippen LogP contribution is -2.54. The maximum atomic E-state index is 14.6. The predicted molar refractivity (Wildman–Crippen MR) is 123 cm³/mol. The van der Waals surface area contributed by atoms with Gasteiger partial charge >= 0.3 is 12.4 Å². The van der Waals surface area contributed by atoms with Crippen LogP contribution in [0.1, 0.15) is 16.7 Å². The lowest BCUT2D eigenvalue weighted by atomic mass is 9.73. The van der Waals surface area contributed by atoms with Gasteiger partial charge in [0.2, 0.25) is 22.8 Å². The topological polar surface area (TPSA) is 127 Å². The maximum absolute atomic E-state index is 14.6. The van der Waals surface area contributed by atoms with Gasteiger partial charge in [0.25, 0.3) is 20.2 Å². The van der Waals surface area contributed by atoms with Crippen LogP contribution in [0.15, 0.2) is 46.2 Å². The molecule has 0 unspecified atom stereocenters. The quantitative estimate of drug-likeness (QED) is 0.171. The summed E-state index contributed by atoms with van der Waals surface area (Å²) in [6.45, 7) is 0.583. The molecule has 0 aromatic heterocycles. The van der Waals surface area contributed by atoms with Crippen LogP contribution in [0.4, 0.5) is 43.9 Å². The Labute approximate surface area is 235 Å². The van der Waals surface area contributed by atoms with Gasteiger partial charge in [-0.25, -0.2) is 8.78 Å². The van der Waals surface area contributed by atoms with E-state index in [1.807, 2.05) is 0 Å². The molecule has 0 saturated carbocycles. The van der Waals surface area contributed by atoms with Crippen molar-refractivity contribution in [3.63, 3.8) is 0 Å². The molecule has 0 spiro atoms. The van der Waals surface area contributed by atoms with Gasteiger partial charge in [-0.2, -0.15) is 52.0 Å². The number of rotatable bonds is 7. The molecule has 8 nitrogen and oxygen atoms in total. The van der Waals surface area contributed by atoms with Gasteiger partial charge < -0.3 is 9.47 Å². The largest absolute Gasteiger partial charge is 0.495 e. The smallest absolute Gasteiger partial charge is 0.411 e. The van der Waals surface area contributed by atoms with E-state index in [1.54, 1.807) is 0 Å². The predicted octanol–water partition coefficient (Wildman–Crippen LogP) is 6.26. The van der Waals surface area contributed by atoms with Gasteiger partial charge in [0, 0.05) is 5.56 Å². The molecule has 236 valence electrons. The van der Waals surface area contributed by atoms with Gasteiger partial charge in [-0.1, -0.05) is 12.1 Å². The summed E-state index contributed by atoms with van der Waals surface area (Å²) < 4.78 is 220. The van der Waals surface area contributed by atoms with Crippen molar-refractivity contribution in [2.45, 2.75) is 34.5 Å². The summed E-state index contributed by atoms with van der Waals surface area (Å²) in [7, 11) is -10.7. The van der Waals surface area contributed by atoms with Crippen LogP contribution in [-0.4, -0.2) is 45.4 Å². The lowest BCUT2D eigenvalue weighted by Gasteiger charge is -2.38. The van der Waals surface area contributed by atoms with Crippen LogP contribution >= 0.6 is 0 Å². The number of benzene rings is 3. The Morgan fingerprint density at radius 1 is 0.651 bits per heavy atom. The number of methoxy groups -OCH3 is 1. The molecule has 0 heterocycles. The second-order valence-electron chi connectivity index (χ2n) is 8.53. The zero-order valence-corrected chi connectivity index (χ0v) is 22.5.